The van der Waals surface area contributed by atoms with Crippen LogP contribution < -0.4 is 25.6 Å². The monoisotopic (exact) mass is 567 g/mol. The van der Waals surface area contributed by atoms with E-state index in [4.69, 9.17) is 14.9 Å². The van der Waals surface area contributed by atoms with Crippen molar-refractivity contribution in [2.24, 2.45) is 0 Å². The van der Waals surface area contributed by atoms with Gasteiger partial charge in [-0.1, -0.05) is 11.3 Å². The Balaban J connectivity index is 1.11. The van der Waals surface area contributed by atoms with Crippen LogP contribution in [0.15, 0.2) is 45.8 Å². The first-order valence-electron chi connectivity index (χ1n) is 12.7. The molecule has 1 aliphatic heterocycles. The van der Waals surface area contributed by atoms with Crippen LogP contribution in [0.1, 0.15) is 0 Å². The number of fused-ring (bicyclic) bond motifs is 3. The molecule has 0 bridgehead atoms. The molecule has 0 aliphatic carbocycles. The van der Waals surface area contributed by atoms with Crippen LogP contribution in [-0.4, -0.2) is 81.3 Å². The largest absolute Gasteiger partial charge is 0.492 e. The number of nitrogens with one attached hydrogen (secondary N) is 1. The van der Waals surface area contributed by atoms with Crippen LogP contribution in [0.3, 0.4) is 0 Å². The van der Waals surface area contributed by atoms with E-state index in [1.54, 1.807) is 28.8 Å². The summed E-state index contributed by atoms with van der Waals surface area (Å²) >= 11 is 1.06. The molecule has 1 saturated heterocycles. The van der Waals surface area contributed by atoms with Crippen molar-refractivity contribution in [2.45, 2.75) is 6.54 Å². The van der Waals surface area contributed by atoms with Gasteiger partial charge in [-0.2, -0.15) is 9.50 Å². The second-order valence-electron chi connectivity index (χ2n) is 9.15. The van der Waals surface area contributed by atoms with Crippen molar-refractivity contribution in [2.75, 3.05) is 56.5 Å². The zero-order valence-corrected chi connectivity index (χ0v) is 22.1. The number of benzene rings is 1. The van der Waals surface area contributed by atoms with Gasteiger partial charge in [-0.05, 0) is 24.3 Å². The van der Waals surface area contributed by atoms with Gasteiger partial charge in [0, 0.05) is 45.3 Å². The van der Waals surface area contributed by atoms with Crippen LogP contribution in [0, 0.1) is 5.82 Å². The molecule has 1 amide bonds. The van der Waals surface area contributed by atoms with Gasteiger partial charge in [-0.3, -0.25) is 19.1 Å². The SMILES string of the molecule is Nc1nc2c(sc(=O)n2CCN2CCN(c3ccc(OCCNC=O)cc3F)CC2)c2nc(-c3ccco3)nn12. The van der Waals surface area contributed by atoms with Crippen molar-refractivity contribution in [3.05, 3.63) is 52.1 Å². The molecule has 5 aromatic rings. The third-order valence-corrected chi connectivity index (χ3v) is 7.69. The summed E-state index contributed by atoms with van der Waals surface area (Å²) in [5.74, 6) is 1.04. The number of amides is 1. The summed E-state index contributed by atoms with van der Waals surface area (Å²) in [6.45, 7) is 4.37. The zero-order chi connectivity index (χ0) is 27.6. The number of carbonyl (C=O) groups is 1. The number of hydrogen-bond acceptors (Lipinski definition) is 11. The highest BCUT2D eigenvalue weighted by molar-refractivity contribution is 7.17. The number of thiazole rings is 1. The number of aromatic nitrogens is 5. The highest BCUT2D eigenvalue weighted by atomic mass is 32.1. The number of nitrogen functional groups attached to an aromatic ring is 1. The summed E-state index contributed by atoms with van der Waals surface area (Å²) in [5, 5.41) is 6.88. The molecule has 0 radical (unpaired) electrons. The molecular weight excluding hydrogens is 541 g/mol. The minimum atomic E-state index is -0.357. The van der Waals surface area contributed by atoms with Gasteiger partial charge in [0.2, 0.25) is 18.2 Å². The van der Waals surface area contributed by atoms with Gasteiger partial charge in [0.25, 0.3) is 0 Å². The summed E-state index contributed by atoms with van der Waals surface area (Å²) in [6, 6.07) is 8.29. The summed E-state index contributed by atoms with van der Waals surface area (Å²) in [6.07, 6.45) is 2.13. The Morgan fingerprint density at radius 2 is 2.00 bits per heavy atom. The lowest BCUT2D eigenvalue weighted by Crippen LogP contribution is -2.47. The number of halogens is 1. The molecule has 0 spiro atoms. The van der Waals surface area contributed by atoms with Gasteiger partial charge in [0.1, 0.15) is 22.9 Å². The van der Waals surface area contributed by atoms with Crippen LogP contribution in [-0.2, 0) is 11.3 Å². The Morgan fingerprint density at radius 3 is 2.75 bits per heavy atom. The second-order valence-corrected chi connectivity index (χ2v) is 10.1. The Labute approximate surface area is 230 Å². The van der Waals surface area contributed by atoms with Crippen molar-refractivity contribution < 1.29 is 18.3 Å². The summed E-state index contributed by atoms with van der Waals surface area (Å²) in [5.41, 5.74) is 7.62. The number of ether oxygens (including phenoxy) is 1. The topological polar surface area (TPSA) is 149 Å². The fourth-order valence-electron chi connectivity index (χ4n) is 4.71. The molecule has 6 rings (SSSR count). The summed E-state index contributed by atoms with van der Waals surface area (Å²) in [4.78, 5) is 36.3. The number of nitrogens with zero attached hydrogens (tertiary/aromatic N) is 7. The van der Waals surface area contributed by atoms with E-state index in [1.165, 1.54) is 16.8 Å². The molecule has 13 nitrogen and oxygen atoms in total. The molecule has 15 heteroatoms. The van der Waals surface area contributed by atoms with Crippen LogP contribution >= 0.6 is 11.3 Å². The highest BCUT2D eigenvalue weighted by Crippen LogP contribution is 2.27. The van der Waals surface area contributed by atoms with Gasteiger partial charge in [0.15, 0.2) is 17.1 Å². The number of hydrogen-bond donors (Lipinski definition) is 2. The van der Waals surface area contributed by atoms with Gasteiger partial charge in [-0.25, -0.2) is 9.37 Å². The maximum absolute atomic E-state index is 14.8. The molecule has 0 saturated carbocycles. The van der Waals surface area contributed by atoms with E-state index in [-0.39, 0.29) is 23.2 Å². The van der Waals surface area contributed by atoms with Gasteiger partial charge in [-0.15, -0.1) is 5.10 Å². The van der Waals surface area contributed by atoms with Crippen molar-refractivity contribution in [3.63, 3.8) is 0 Å². The number of anilines is 2. The average molecular weight is 568 g/mol. The van der Waals surface area contributed by atoms with E-state index in [0.717, 1.165) is 11.3 Å². The van der Waals surface area contributed by atoms with Crippen LogP contribution in [0.5, 0.6) is 5.75 Å². The standard InChI is InChI=1S/C25H26FN9O4S/c26-17-14-16(38-13-5-28-15-36)3-4-18(17)33-9-6-32(7-10-33)8-11-34-22-20(40-25(34)37)23-29-21(19-2-1-12-39-19)31-35(23)24(27)30-22/h1-4,12,14-15H,5-11,13H2,(H2,27,30)(H,28,36). The minimum absolute atomic E-state index is 0.129. The van der Waals surface area contributed by atoms with Crippen molar-refractivity contribution >= 4 is 45.4 Å². The number of rotatable bonds is 10. The fourth-order valence-corrected chi connectivity index (χ4v) is 5.64. The van der Waals surface area contributed by atoms with Crippen molar-refractivity contribution in [1.29, 1.82) is 0 Å². The third-order valence-electron chi connectivity index (χ3n) is 6.73. The maximum Gasteiger partial charge on any atom is 0.309 e. The number of carbonyl (C=O) groups excluding carboxylic acids is 1. The van der Waals surface area contributed by atoms with Gasteiger partial charge in [0.05, 0.1) is 18.5 Å². The Bertz CT molecular complexity index is 1710. The molecule has 208 valence electrons. The lowest BCUT2D eigenvalue weighted by molar-refractivity contribution is -0.109. The molecular formula is C25H26FN9O4S. The Hall–Kier alpha value is -4.50. The first-order chi connectivity index (χ1) is 19.5. The molecule has 40 heavy (non-hydrogen) atoms. The molecule has 1 aromatic carbocycles. The molecule has 1 aliphatic rings. The number of furan rings is 1. The highest BCUT2D eigenvalue weighted by Gasteiger charge is 2.22. The number of nitrogens with two attached hydrogens (primary N) is 1. The average Bonchev–Trinajstić information content (AvgIpc) is 3.70. The maximum atomic E-state index is 14.8. The predicted octanol–water partition coefficient (Wildman–Crippen LogP) is 1.43. The predicted molar refractivity (Wildman–Crippen MR) is 147 cm³/mol. The van der Waals surface area contributed by atoms with Crippen molar-refractivity contribution in [3.8, 4) is 17.3 Å². The van der Waals surface area contributed by atoms with Gasteiger partial charge >= 0.3 is 4.87 Å². The molecule has 0 unspecified atom stereocenters. The lowest BCUT2D eigenvalue weighted by atomic mass is 10.2. The smallest absolute Gasteiger partial charge is 0.309 e. The number of piperazine rings is 1. The van der Waals surface area contributed by atoms with E-state index in [1.807, 2.05) is 4.90 Å². The molecule has 5 heterocycles. The summed E-state index contributed by atoms with van der Waals surface area (Å²) < 4.78 is 29.3. The van der Waals surface area contributed by atoms with Crippen LogP contribution in [0.2, 0.25) is 0 Å². The Kier molecular flexibility index (Phi) is 7.04. The van der Waals surface area contributed by atoms with E-state index in [0.29, 0.717) is 91.2 Å². The van der Waals surface area contributed by atoms with Gasteiger partial charge < -0.3 is 25.1 Å². The quantitative estimate of drug-likeness (QED) is 0.187. The fraction of sp³-hybridized carbons (Fsp3) is 0.320. The first-order valence-corrected chi connectivity index (χ1v) is 13.5. The van der Waals surface area contributed by atoms with Crippen LogP contribution in [0.4, 0.5) is 16.0 Å². The first kappa shape index (κ1) is 25.8. The molecule has 0 atom stereocenters. The third kappa shape index (κ3) is 4.96. The molecule has 1 fully saturated rings. The zero-order valence-electron chi connectivity index (χ0n) is 21.3. The van der Waals surface area contributed by atoms with E-state index < -0.39 is 0 Å². The minimum Gasteiger partial charge on any atom is -0.492 e. The molecule has 3 N–H and O–H groups in total. The summed E-state index contributed by atoms with van der Waals surface area (Å²) in [7, 11) is 0. The van der Waals surface area contributed by atoms with E-state index >= 15 is 0 Å². The molecule has 4 aromatic heterocycles. The van der Waals surface area contributed by atoms with E-state index in [2.05, 4.69) is 25.3 Å². The van der Waals surface area contributed by atoms with Crippen molar-refractivity contribution in [1.82, 2.24) is 34.4 Å². The Morgan fingerprint density at radius 1 is 1.15 bits per heavy atom. The lowest BCUT2D eigenvalue weighted by Gasteiger charge is -2.36. The van der Waals surface area contributed by atoms with E-state index in [9.17, 15) is 14.0 Å². The normalized spacial score (nSPS) is 14.3. The van der Waals surface area contributed by atoms with Crippen LogP contribution in [0.25, 0.3) is 27.6 Å². The second kappa shape index (κ2) is 10.9.